The molecule has 0 amide bonds. The summed E-state index contributed by atoms with van der Waals surface area (Å²) in [6.45, 7) is 0. The molecular formula is C12H17BrN2O. The minimum Gasteiger partial charge on any atom is -0.397 e. The fourth-order valence-electron chi connectivity index (χ4n) is 2.09. The van der Waals surface area contributed by atoms with Gasteiger partial charge in [0.05, 0.1) is 17.5 Å². The van der Waals surface area contributed by atoms with E-state index in [0.29, 0.717) is 6.04 Å². The molecule has 1 aromatic rings. The van der Waals surface area contributed by atoms with Crippen molar-refractivity contribution in [1.82, 2.24) is 0 Å². The number of aliphatic hydroxyl groups excluding tert-OH is 1. The lowest BCUT2D eigenvalue weighted by atomic mass is 9.93. The highest BCUT2D eigenvalue weighted by molar-refractivity contribution is 9.10. The standard InChI is InChI=1S/C12H17BrN2O/c13-8-1-6-11(14)12(7-8)15-9-2-4-10(16)5-3-9/h1,6-7,9-10,15-16H,2-5,14H2. The van der Waals surface area contributed by atoms with Crippen LogP contribution in [0.15, 0.2) is 22.7 Å². The first-order valence-electron chi connectivity index (χ1n) is 5.65. The van der Waals surface area contributed by atoms with E-state index in [-0.39, 0.29) is 6.10 Å². The number of nitrogens with one attached hydrogen (secondary N) is 1. The van der Waals surface area contributed by atoms with E-state index < -0.39 is 0 Å². The van der Waals surface area contributed by atoms with E-state index >= 15 is 0 Å². The predicted octanol–water partition coefficient (Wildman–Crippen LogP) is 2.75. The molecule has 1 fully saturated rings. The zero-order chi connectivity index (χ0) is 11.5. The monoisotopic (exact) mass is 284 g/mol. The zero-order valence-corrected chi connectivity index (χ0v) is 10.7. The van der Waals surface area contributed by atoms with Gasteiger partial charge >= 0.3 is 0 Å². The highest BCUT2D eigenvalue weighted by Gasteiger charge is 2.19. The number of hydrogen-bond donors (Lipinski definition) is 3. The molecule has 16 heavy (non-hydrogen) atoms. The van der Waals surface area contributed by atoms with Crippen LogP contribution in [0.1, 0.15) is 25.7 Å². The zero-order valence-electron chi connectivity index (χ0n) is 9.12. The number of rotatable bonds is 2. The molecule has 4 heteroatoms. The number of hydrogen-bond acceptors (Lipinski definition) is 3. The van der Waals surface area contributed by atoms with Gasteiger partial charge in [0.2, 0.25) is 0 Å². The van der Waals surface area contributed by atoms with E-state index in [1.54, 1.807) is 0 Å². The Labute approximate surface area is 104 Å². The fourth-order valence-corrected chi connectivity index (χ4v) is 2.45. The second-order valence-electron chi connectivity index (χ2n) is 4.38. The van der Waals surface area contributed by atoms with E-state index in [0.717, 1.165) is 41.5 Å². The van der Waals surface area contributed by atoms with Crippen molar-refractivity contribution >= 4 is 27.3 Å². The van der Waals surface area contributed by atoms with Gasteiger partial charge in [-0.25, -0.2) is 0 Å². The molecule has 0 bridgehead atoms. The molecule has 4 N–H and O–H groups in total. The molecule has 2 rings (SSSR count). The Morgan fingerprint density at radius 2 is 1.94 bits per heavy atom. The minimum absolute atomic E-state index is 0.113. The van der Waals surface area contributed by atoms with Crippen LogP contribution in [0.5, 0.6) is 0 Å². The molecule has 1 saturated carbocycles. The van der Waals surface area contributed by atoms with Crippen LogP contribution in [0.25, 0.3) is 0 Å². The number of benzene rings is 1. The first-order valence-corrected chi connectivity index (χ1v) is 6.44. The van der Waals surface area contributed by atoms with Crippen LogP contribution >= 0.6 is 15.9 Å². The first kappa shape index (κ1) is 11.7. The lowest BCUT2D eigenvalue weighted by Crippen LogP contribution is -2.28. The van der Waals surface area contributed by atoms with Crippen molar-refractivity contribution in [2.45, 2.75) is 37.8 Å². The van der Waals surface area contributed by atoms with E-state index in [9.17, 15) is 5.11 Å². The molecule has 0 saturated heterocycles. The van der Waals surface area contributed by atoms with Crippen LogP contribution in [-0.4, -0.2) is 17.3 Å². The summed E-state index contributed by atoms with van der Waals surface area (Å²) in [4.78, 5) is 0. The third-order valence-electron chi connectivity index (χ3n) is 3.07. The molecule has 0 atom stereocenters. The summed E-state index contributed by atoms with van der Waals surface area (Å²) >= 11 is 3.44. The van der Waals surface area contributed by atoms with Gasteiger partial charge < -0.3 is 16.2 Å². The van der Waals surface area contributed by atoms with E-state index in [2.05, 4.69) is 21.2 Å². The first-order chi connectivity index (χ1) is 7.65. The summed E-state index contributed by atoms with van der Waals surface area (Å²) in [5.74, 6) is 0. The van der Waals surface area contributed by atoms with Gasteiger partial charge in [0.1, 0.15) is 0 Å². The number of halogens is 1. The lowest BCUT2D eigenvalue weighted by Gasteiger charge is -2.27. The van der Waals surface area contributed by atoms with Crippen molar-refractivity contribution in [2.75, 3.05) is 11.1 Å². The normalized spacial score (nSPS) is 25.4. The molecule has 0 aromatic heterocycles. The summed E-state index contributed by atoms with van der Waals surface area (Å²) in [6.07, 6.45) is 3.66. The van der Waals surface area contributed by atoms with Crippen molar-refractivity contribution < 1.29 is 5.11 Å². The van der Waals surface area contributed by atoms with E-state index in [1.165, 1.54) is 0 Å². The van der Waals surface area contributed by atoms with Gasteiger partial charge in [-0.1, -0.05) is 15.9 Å². The number of nitrogens with two attached hydrogens (primary N) is 1. The molecule has 88 valence electrons. The molecule has 0 unspecified atom stereocenters. The van der Waals surface area contributed by atoms with Gasteiger partial charge in [0.15, 0.2) is 0 Å². The van der Waals surface area contributed by atoms with Crippen molar-refractivity contribution in [3.8, 4) is 0 Å². The number of aliphatic hydroxyl groups is 1. The largest absolute Gasteiger partial charge is 0.397 e. The Hall–Kier alpha value is -0.740. The van der Waals surface area contributed by atoms with Crippen molar-refractivity contribution in [2.24, 2.45) is 0 Å². The fraction of sp³-hybridized carbons (Fsp3) is 0.500. The predicted molar refractivity (Wildman–Crippen MR) is 70.4 cm³/mol. The van der Waals surface area contributed by atoms with E-state index in [4.69, 9.17) is 5.73 Å². The summed E-state index contributed by atoms with van der Waals surface area (Å²) in [5, 5.41) is 12.9. The molecule has 0 radical (unpaired) electrons. The van der Waals surface area contributed by atoms with Gasteiger partial charge in [0, 0.05) is 10.5 Å². The maximum atomic E-state index is 9.43. The van der Waals surface area contributed by atoms with Crippen molar-refractivity contribution in [3.63, 3.8) is 0 Å². The average Bonchev–Trinajstić information content (AvgIpc) is 2.27. The second-order valence-corrected chi connectivity index (χ2v) is 5.30. The van der Waals surface area contributed by atoms with Gasteiger partial charge in [-0.05, 0) is 43.9 Å². The average molecular weight is 285 g/mol. The maximum absolute atomic E-state index is 9.43. The van der Waals surface area contributed by atoms with Gasteiger partial charge in [-0.15, -0.1) is 0 Å². The smallest absolute Gasteiger partial charge is 0.0587 e. The molecule has 0 spiro atoms. The molecule has 0 aliphatic heterocycles. The van der Waals surface area contributed by atoms with Crippen LogP contribution < -0.4 is 11.1 Å². The Kier molecular flexibility index (Phi) is 3.71. The summed E-state index contributed by atoms with van der Waals surface area (Å²) in [7, 11) is 0. The lowest BCUT2D eigenvalue weighted by molar-refractivity contribution is 0.126. The van der Waals surface area contributed by atoms with E-state index in [1.807, 2.05) is 18.2 Å². The maximum Gasteiger partial charge on any atom is 0.0587 e. The summed E-state index contributed by atoms with van der Waals surface area (Å²) in [5.41, 5.74) is 7.66. The SMILES string of the molecule is Nc1ccc(Br)cc1NC1CCC(O)CC1. The van der Waals surface area contributed by atoms with Crippen LogP contribution in [0, 0.1) is 0 Å². The van der Waals surface area contributed by atoms with Crippen molar-refractivity contribution in [1.29, 1.82) is 0 Å². The molecule has 0 heterocycles. The highest BCUT2D eigenvalue weighted by atomic mass is 79.9. The Bertz CT molecular complexity index is 362. The Morgan fingerprint density at radius 3 is 2.62 bits per heavy atom. The molecule has 1 aliphatic carbocycles. The molecule has 3 nitrogen and oxygen atoms in total. The Balaban J connectivity index is 2.00. The highest BCUT2D eigenvalue weighted by Crippen LogP contribution is 2.27. The van der Waals surface area contributed by atoms with Gasteiger partial charge in [-0.2, -0.15) is 0 Å². The van der Waals surface area contributed by atoms with Crippen molar-refractivity contribution in [3.05, 3.63) is 22.7 Å². The third kappa shape index (κ3) is 2.89. The number of nitrogen functional groups attached to an aromatic ring is 1. The molecule has 1 aliphatic rings. The second kappa shape index (κ2) is 5.06. The quantitative estimate of drug-likeness (QED) is 0.732. The summed E-state index contributed by atoms with van der Waals surface area (Å²) in [6, 6.07) is 6.26. The third-order valence-corrected chi connectivity index (χ3v) is 3.56. The van der Waals surface area contributed by atoms with Gasteiger partial charge in [0.25, 0.3) is 0 Å². The molecular weight excluding hydrogens is 268 g/mol. The topological polar surface area (TPSA) is 58.3 Å². The van der Waals surface area contributed by atoms with Crippen LogP contribution in [0.2, 0.25) is 0 Å². The van der Waals surface area contributed by atoms with Crippen LogP contribution in [-0.2, 0) is 0 Å². The number of anilines is 2. The minimum atomic E-state index is -0.113. The van der Waals surface area contributed by atoms with Crippen LogP contribution in [0.3, 0.4) is 0 Å². The van der Waals surface area contributed by atoms with Gasteiger partial charge in [-0.3, -0.25) is 0 Å². The Morgan fingerprint density at radius 1 is 1.25 bits per heavy atom. The molecule has 1 aromatic carbocycles. The summed E-state index contributed by atoms with van der Waals surface area (Å²) < 4.78 is 1.03. The van der Waals surface area contributed by atoms with Crippen LogP contribution in [0.4, 0.5) is 11.4 Å².